The van der Waals surface area contributed by atoms with Gasteiger partial charge in [-0.3, -0.25) is 0 Å². The molecule has 0 saturated carbocycles. The van der Waals surface area contributed by atoms with Gasteiger partial charge in [-0.05, 0) is 37.8 Å². The van der Waals surface area contributed by atoms with Gasteiger partial charge in [-0.25, -0.2) is 0 Å². The van der Waals surface area contributed by atoms with E-state index >= 15 is 0 Å². The van der Waals surface area contributed by atoms with Crippen LogP contribution in [-0.4, -0.2) is 17.4 Å². The maximum Gasteiger partial charge on any atom is 0.128 e. The van der Waals surface area contributed by atoms with Crippen LogP contribution in [0.4, 0.5) is 0 Å². The number of unbranched alkanes of at least 4 members (excludes halogenated alkanes) is 2. The van der Waals surface area contributed by atoms with E-state index in [9.17, 15) is 0 Å². The van der Waals surface area contributed by atoms with Crippen LogP contribution < -0.4 is 11.1 Å². The van der Waals surface area contributed by atoms with Gasteiger partial charge in [-0.15, -0.1) is 12.6 Å². The lowest BCUT2D eigenvalue weighted by molar-refractivity contribution is 0.372. The predicted octanol–water partition coefficient (Wildman–Crippen LogP) is 5.17. The van der Waals surface area contributed by atoms with Crippen molar-refractivity contribution in [3.05, 3.63) is 0 Å². The van der Waals surface area contributed by atoms with Gasteiger partial charge in [0.05, 0.1) is 0 Å². The molecular weight excluding hydrogens is 296 g/mol. The molecule has 0 heterocycles. The van der Waals surface area contributed by atoms with Gasteiger partial charge in [0, 0.05) is 0 Å². The molecule has 2 unspecified atom stereocenters. The number of thiocarbonyl (C=S) groups is 1. The Morgan fingerprint density at radius 3 is 1.52 bits per heavy atom. The first kappa shape index (κ1) is 23.5. The maximum absolute atomic E-state index is 4.71. The molecule has 0 fully saturated rings. The van der Waals surface area contributed by atoms with E-state index in [2.05, 4.69) is 57.9 Å². The summed E-state index contributed by atoms with van der Waals surface area (Å²) in [6.07, 6.45) is 10.9. The molecule has 128 valence electrons. The average molecular weight is 335 g/mol. The molecule has 0 aliphatic carbocycles. The van der Waals surface area contributed by atoms with Crippen molar-refractivity contribution in [1.82, 2.24) is 5.32 Å². The molecule has 21 heavy (non-hydrogen) atoms. The Balaban J connectivity index is 0. The second kappa shape index (κ2) is 18.2. The van der Waals surface area contributed by atoms with Crippen LogP contribution in [0.5, 0.6) is 0 Å². The molecule has 0 aromatic heterocycles. The lowest BCUT2D eigenvalue weighted by Crippen LogP contribution is -2.28. The fraction of sp³-hybridized carbons (Fsp3) is 0.941. The molecule has 2 nitrogen and oxygen atoms in total. The van der Waals surface area contributed by atoms with E-state index in [1.165, 1.54) is 64.5 Å². The highest BCUT2D eigenvalue weighted by atomic mass is 32.1. The fourth-order valence-electron chi connectivity index (χ4n) is 2.38. The van der Waals surface area contributed by atoms with Crippen molar-refractivity contribution in [3.8, 4) is 0 Å². The monoisotopic (exact) mass is 334 g/mol. The van der Waals surface area contributed by atoms with Crippen molar-refractivity contribution < 1.29 is 0 Å². The molecule has 0 aromatic rings. The Morgan fingerprint density at radius 1 is 0.952 bits per heavy atom. The lowest BCUT2D eigenvalue weighted by Gasteiger charge is -2.19. The Kier molecular flexibility index (Phi) is 20.4. The summed E-state index contributed by atoms with van der Waals surface area (Å²) >= 11 is 7.65. The quantitative estimate of drug-likeness (QED) is 0.340. The van der Waals surface area contributed by atoms with Crippen molar-refractivity contribution in [3.63, 3.8) is 0 Å². The van der Waals surface area contributed by atoms with Crippen LogP contribution in [0.15, 0.2) is 0 Å². The molecule has 0 bridgehead atoms. The van der Waals surface area contributed by atoms with E-state index in [0.717, 1.165) is 11.8 Å². The molecule has 0 aromatic carbocycles. The van der Waals surface area contributed by atoms with Crippen LogP contribution in [0.1, 0.15) is 79.1 Å². The van der Waals surface area contributed by atoms with Gasteiger partial charge < -0.3 is 11.1 Å². The SMILES string of the molecule is CCCCC(CC)CNCC(CC)CCCC.NC(=S)S. The number of rotatable bonds is 12. The zero-order chi connectivity index (χ0) is 16.5. The maximum atomic E-state index is 4.71. The second-order valence-electron chi connectivity index (χ2n) is 5.83. The van der Waals surface area contributed by atoms with Crippen molar-refractivity contribution in [1.29, 1.82) is 0 Å². The summed E-state index contributed by atoms with van der Waals surface area (Å²) in [5.74, 6) is 1.80. The number of hydrogen-bond donors (Lipinski definition) is 3. The summed E-state index contributed by atoms with van der Waals surface area (Å²) in [5.41, 5.74) is 4.71. The summed E-state index contributed by atoms with van der Waals surface area (Å²) in [7, 11) is 0. The Morgan fingerprint density at radius 2 is 1.29 bits per heavy atom. The first-order chi connectivity index (χ1) is 10.0. The van der Waals surface area contributed by atoms with Gasteiger partial charge in [-0.1, -0.05) is 78.4 Å². The number of hydrogen-bond acceptors (Lipinski definition) is 2. The van der Waals surface area contributed by atoms with Crippen LogP contribution in [-0.2, 0) is 0 Å². The van der Waals surface area contributed by atoms with Gasteiger partial charge in [0.15, 0.2) is 0 Å². The Bertz CT molecular complexity index is 203. The van der Waals surface area contributed by atoms with Crippen molar-refractivity contribution in [2.24, 2.45) is 17.6 Å². The molecule has 3 N–H and O–H groups in total. The highest BCUT2D eigenvalue weighted by Gasteiger charge is 2.08. The van der Waals surface area contributed by atoms with E-state index in [1.54, 1.807) is 0 Å². The smallest absolute Gasteiger partial charge is 0.128 e. The molecular formula is C17H38N2S2. The predicted molar refractivity (Wildman–Crippen MR) is 105 cm³/mol. The molecule has 0 spiro atoms. The Hall–Kier alpha value is 0.200. The molecule has 4 heteroatoms. The second-order valence-corrected chi connectivity index (χ2v) is 7.05. The third kappa shape index (κ3) is 20.2. The highest BCUT2D eigenvalue weighted by Crippen LogP contribution is 2.13. The lowest BCUT2D eigenvalue weighted by atomic mass is 9.97. The third-order valence-electron chi connectivity index (χ3n) is 3.95. The minimum absolute atomic E-state index is 0.194. The van der Waals surface area contributed by atoms with Crippen molar-refractivity contribution in [2.45, 2.75) is 79.1 Å². The minimum Gasteiger partial charge on any atom is -0.385 e. The topological polar surface area (TPSA) is 38.0 Å². The van der Waals surface area contributed by atoms with Crippen LogP contribution in [0, 0.1) is 11.8 Å². The van der Waals surface area contributed by atoms with Crippen LogP contribution >= 0.6 is 24.8 Å². The molecule has 2 atom stereocenters. The van der Waals surface area contributed by atoms with Crippen molar-refractivity contribution in [2.75, 3.05) is 13.1 Å². The Labute approximate surface area is 144 Å². The summed E-state index contributed by atoms with van der Waals surface area (Å²) < 4.78 is 0.194. The average Bonchev–Trinajstić information content (AvgIpc) is 2.45. The third-order valence-corrected chi connectivity index (χ3v) is 3.95. The first-order valence-corrected chi connectivity index (χ1v) is 9.56. The minimum atomic E-state index is 0.194. The van der Waals surface area contributed by atoms with E-state index in [0.29, 0.717) is 0 Å². The van der Waals surface area contributed by atoms with Gasteiger partial charge in [0.25, 0.3) is 0 Å². The first-order valence-electron chi connectivity index (χ1n) is 8.70. The standard InChI is InChI=1S/C16H35N.CH3NS2/c1-5-9-11-15(7-3)13-17-14-16(8-4)12-10-6-2;2-1(3)4/h15-17H,5-14H2,1-4H3;(H3,2,3,4). The van der Waals surface area contributed by atoms with E-state index in [-0.39, 0.29) is 4.32 Å². The largest absolute Gasteiger partial charge is 0.385 e. The summed E-state index contributed by atoms with van der Waals surface area (Å²) in [6, 6.07) is 0. The number of thiol groups is 1. The molecule has 0 aliphatic heterocycles. The molecule has 0 rings (SSSR count). The zero-order valence-electron chi connectivity index (χ0n) is 14.7. The number of nitrogens with one attached hydrogen (secondary N) is 1. The summed E-state index contributed by atoms with van der Waals surface area (Å²) in [6.45, 7) is 11.7. The van der Waals surface area contributed by atoms with Gasteiger partial charge >= 0.3 is 0 Å². The van der Waals surface area contributed by atoms with E-state index < -0.39 is 0 Å². The van der Waals surface area contributed by atoms with Gasteiger partial charge in [0.1, 0.15) is 4.32 Å². The fourth-order valence-corrected chi connectivity index (χ4v) is 2.38. The van der Waals surface area contributed by atoms with Crippen LogP contribution in [0.25, 0.3) is 0 Å². The molecule has 0 aliphatic rings. The normalized spacial score (nSPS) is 13.2. The van der Waals surface area contributed by atoms with Crippen LogP contribution in [0.3, 0.4) is 0 Å². The van der Waals surface area contributed by atoms with Gasteiger partial charge in [-0.2, -0.15) is 0 Å². The molecule has 0 radical (unpaired) electrons. The molecule has 0 saturated heterocycles. The highest BCUT2D eigenvalue weighted by molar-refractivity contribution is 8.10. The zero-order valence-corrected chi connectivity index (χ0v) is 16.4. The molecule has 0 amide bonds. The van der Waals surface area contributed by atoms with Crippen molar-refractivity contribution >= 4 is 29.2 Å². The summed E-state index contributed by atoms with van der Waals surface area (Å²) in [4.78, 5) is 0. The number of nitrogens with two attached hydrogens (primary N) is 1. The van der Waals surface area contributed by atoms with Crippen LogP contribution in [0.2, 0.25) is 0 Å². The summed E-state index contributed by atoms with van der Waals surface area (Å²) in [5, 5.41) is 3.71. The van der Waals surface area contributed by atoms with Gasteiger partial charge in [0.2, 0.25) is 0 Å². The van der Waals surface area contributed by atoms with E-state index in [1.807, 2.05) is 0 Å². The van der Waals surface area contributed by atoms with E-state index in [4.69, 9.17) is 5.73 Å².